The summed E-state index contributed by atoms with van der Waals surface area (Å²) < 4.78 is 15.5. The van der Waals surface area contributed by atoms with E-state index in [1.807, 2.05) is 0 Å². The quantitative estimate of drug-likeness (QED) is 0.374. The van der Waals surface area contributed by atoms with Gasteiger partial charge in [-0.3, -0.25) is 14.5 Å². The summed E-state index contributed by atoms with van der Waals surface area (Å²) >= 11 is 10.3. The number of nitrogens with zero attached hydrogens (tertiary/aromatic N) is 1. The average molecular weight is 521 g/mol. The summed E-state index contributed by atoms with van der Waals surface area (Å²) in [5.41, 5.74) is 0.518. The second-order valence-electron chi connectivity index (χ2n) is 5.89. The average Bonchev–Trinajstić information content (AvgIpc) is 2.94. The number of carbonyl (C=O) groups excluding carboxylic acids is 4. The molecule has 1 aromatic rings. The number of thioether (sulfide) groups is 1. The highest BCUT2D eigenvalue weighted by Crippen LogP contribution is 2.38. The lowest BCUT2D eigenvalue weighted by atomic mass is 10.2. The third-order valence-corrected chi connectivity index (χ3v) is 5.55. The minimum absolute atomic E-state index is 0.138. The molecule has 1 heterocycles. The Morgan fingerprint density at radius 1 is 1.23 bits per heavy atom. The van der Waals surface area contributed by atoms with Gasteiger partial charge in [0.2, 0.25) is 0 Å². The number of carbonyl (C=O) groups is 4. The van der Waals surface area contributed by atoms with Crippen molar-refractivity contribution in [2.45, 2.75) is 26.8 Å². The number of imide groups is 1. The van der Waals surface area contributed by atoms with Gasteiger partial charge in [-0.2, -0.15) is 0 Å². The van der Waals surface area contributed by atoms with Crippen molar-refractivity contribution in [1.29, 1.82) is 0 Å². The van der Waals surface area contributed by atoms with E-state index in [0.717, 1.165) is 4.90 Å². The van der Waals surface area contributed by atoms with E-state index < -0.39 is 29.1 Å². The van der Waals surface area contributed by atoms with Crippen LogP contribution in [-0.2, 0) is 23.9 Å². The maximum absolute atomic E-state index is 12.6. The van der Waals surface area contributed by atoms with E-state index in [4.69, 9.17) is 25.8 Å². The second kappa shape index (κ2) is 10.8. The number of hydrogen-bond acceptors (Lipinski definition) is 8. The monoisotopic (exact) mass is 519 g/mol. The molecule has 2 amide bonds. The predicted molar refractivity (Wildman–Crippen MR) is 115 cm³/mol. The summed E-state index contributed by atoms with van der Waals surface area (Å²) in [6.07, 6.45) is 1.48. The molecule has 1 saturated heterocycles. The number of rotatable bonds is 8. The first kappa shape index (κ1) is 24.2. The van der Waals surface area contributed by atoms with Gasteiger partial charge in [-0.1, -0.05) is 11.6 Å². The highest BCUT2D eigenvalue weighted by Gasteiger charge is 2.41. The van der Waals surface area contributed by atoms with Crippen molar-refractivity contribution >= 4 is 68.5 Å². The van der Waals surface area contributed by atoms with Crippen LogP contribution in [0.3, 0.4) is 0 Å². The van der Waals surface area contributed by atoms with E-state index in [1.165, 1.54) is 19.1 Å². The maximum atomic E-state index is 12.6. The maximum Gasteiger partial charge on any atom is 0.344 e. The van der Waals surface area contributed by atoms with Gasteiger partial charge in [-0.15, -0.1) is 0 Å². The largest absolute Gasteiger partial charge is 0.479 e. The number of hydrogen-bond donors (Lipinski definition) is 0. The summed E-state index contributed by atoms with van der Waals surface area (Å²) in [7, 11) is 0. The first-order valence-electron chi connectivity index (χ1n) is 8.90. The zero-order chi connectivity index (χ0) is 22.4. The molecule has 11 heteroatoms. The minimum Gasteiger partial charge on any atom is -0.479 e. The first-order chi connectivity index (χ1) is 14.2. The lowest BCUT2D eigenvalue weighted by Gasteiger charge is -2.19. The molecule has 1 atom stereocenters. The molecule has 0 bridgehead atoms. The van der Waals surface area contributed by atoms with Crippen LogP contribution < -0.4 is 4.74 Å². The summed E-state index contributed by atoms with van der Waals surface area (Å²) in [4.78, 5) is 49.2. The molecule has 30 heavy (non-hydrogen) atoms. The Morgan fingerprint density at radius 2 is 1.90 bits per heavy atom. The lowest BCUT2D eigenvalue weighted by Crippen LogP contribution is -2.42. The standard InChI is InChI=1S/C19H19BrClNO7S/c1-4-27-15(23)9-29-16-12(20)6-11(7-13(16)21)8-14-17(24)22(19(26)30-14)10(3)18(25)28-5-2/h6-8,10H,4-5,9H2,1-3H3/b14-8+/t10-/m1/s1. The van der Waals surface area contributed by atoms with Gasteiger partial charge in [-0.25, -0.2) is 9.59 Å². The van der Waals surface area contributed by atoms with Gasteiger partial charge < -0.3 is 14.2 Å². The van der Waals surface area contributed by atoms with Gasteiger partial charge in [0.15, 0.2) is 12.4 Å². The molecule has 2 rings (SSSR count). The molecule has 0 spiro atoms. The second-order valence-corrected chi connectivity index (χ2v) is 8.14. The number of halogens is 2. The fourth-order valence-electron chi connectivity index (χ4n) is 2.47. The van der Waals surface area contributed by atoms with E-state index in [0.29, 0.717) is 21.8 Å². The highest BCUT2D eigenvalue weighted by atomic mass is 79.9. The minimum atomic E-state index is -1.03. The molecule has 0 saturated carbocycles. The molecule has 162 valence electrons. The van der Waals surface area contributed by atoms with Gasteiger partial charge in [0.05, 0.1) is 27.6 Å². The van der Waals surface area contributed by atoms with E-state index in [9.17, 15) is 19.2 Å². The Bertz CT molecular complexity index is 882. The van der Waals surface area contributed by atoms with Crippen molar-refractivity contribution in [3.05, 3.63) is 32.1 Å². The van der Waals surface area contributed by atoms with Crippen LogP contribution in [0.5, 0.6) is 5.75 Å². The van der Waals surface area contributed by atoms with E-state index in [2.05, 4.69) is 15.9 Å². The lowest BCUT2D eigenvalue weighted by molar-refractivity contribution is -0.150. The number of amides is 2. The fourth-order valence-corrected chi connectivity index (χ4v) is 4.36. The van der Waals surface area contributed by atoms with Crippen LogP contribution >= 0.6 is 39.3 Å². The van der Waals surface area contributed by atoms with Crippen LogP contribution in [0.25, 0.3) is 6.08 Å². The molecule has 0 N–H and O–H groups in total. The third kappa shape index (κ3) is 5.77. The summed E-state index contributed by atoms with van der Waals surface area (Å²) in [5, 5.41) is -0.370. The van der Waals surface area contributed by atoms with E-state index >= 15 is 0 Å². The molecule has 1 aliphatic rings. The van der Waals surface area contributed by atoms with Gasteiger partial charge in [0.1, 0.15) is 6.04 Å². The van der Waals surface area contributed by atoms with E-state index in [1.54, 1.807) is 19.9 Å². The van der Waals surface area contributed by atoms with Gasteiger partial charge >= 0.3 is 11.9 Å². The Labute approximate surface area is 191 Å². The molecule has 1 aliphatic heterocycles. The topological polar surface area (TPSA) is 99.2 Å². The van der Waals surface area contributed by atoms with Crippen LogP contribution in [0.15, 0.2) is 21.5 Å². The van der Waals surface area contributed by atoms with Gasteiger partial charge in [0, 0.05) is 0 Å². The normalized spacial score (nSPS) is 16.0. The molecule has 1 fully saturated rings. The Hall–Kier alpha value is -2.04. The number of esters is 2. The van der Waals surface area contributed by atoms with Gasteiger partial charge in [0.25, 0.3) is 11.1 Å². The summed E-state index contributed by atoms with van der Waals surface area (Å²) in [6, 6.07) is 2.11. The third-order valence-electron chi connectivity index (χ3n) is 3.80. The zero-order valence-corrected chi connectivity index (χ0v) is 19.6. The molecule has 0 aliphatic carbocycles. The van der Waals surface area contributed by atoms with Crippen LogP contribution in [0.2, 0.25) is 5.02 Å². The predicted octanol–water partition coefficient (Wildman–Crippen LogP) is 4.03. The van der Waals surface area contributed by atoms with E-state index in [-0.39, 0.29) is 35.5 Å². The molecule has 8 nitrogen and oxygen atoms in total. The molecule has 0 unspecified atom stereocenters. The van der Waals surface area contributed by atoms with Crippen molar-refractivity contribution in [2.24, 2.45) is 0 Å². The Kier molecular flexibility index (Phi) is 8.75. The van der Waals surface area contributed by atoms with Crippen molar-refractivity contribution in [3.63, 3.8) is 0 Å². The molecular weight excluding hydrogens is 502 g/mol. The van der Waals surface area contributed by atoms with Crippen molar-refractivity contribution in [2.75, 3.05) is 19.8 Å². The van der Waals surface area contributed by atoms with Crippen molar-refractivity contribution in [1.82, 2.24) is 4.90 Å². The van der Waals surface area contributed by atoms with Crippen LogP contribution in [-0.4, -0.2) is 53.8 Å². The fraction of sp³-hybridized carbons (Fsp3) is 0.368. The van der Waals surface area contributed by atoms with Crippen LogP contribution in [0, 0.1) is 0 Å². The first-order valence-corrected chi connectivity index (χ1v) is 10.9. The number of ether oxygens (including phenoxy) is 3. The molecular formula is C19H19BrClNO7S. The van der Waals surface area contributed by atoms with Crippen LogP contribution in [0.4, 0.5) is 4.79 Å². The Balaban J connectivity index is 2.20. The SMILES string of the molecule is CCOC(=O)COc1c(Cl)cc(/C=C2/SC(=O)N([C@H](C)C(=O)OCC)C2=O)cc1Br. The molecule has 0 aromatic heterocycles. The Morgan fingerprint density at radius 3 is 2.50 bits per heavy atom. The highest BCUT2D eigenvalue weighted by molar-refractivity contribution is 9.10. The summed E-state index contributed by atoms with van der Waals surface area (Å²) in [6.45, 7) is 4.83. The summed E-state index contributed by atoms with van der Waals surface area (Å²) in [5.74, 6) is -1.55. The van der Waals surface area contributed by atoms with Crippen molar-refractivity contribution < 1.29 is 33.4 Å². The van der Waals surface area contributed by atoms with Crippen LogP contribution in [0.1, 0.15) is 26.3 Å². The van der Waals surface area contributed by atoms with Crippen molar-refractivity contribution in [3.8, 4) is 5.75 Å². The smallest absolute Gasteiger partial charge is 0.344 e. The zero-order valence-electron chi connectivity index (χ0n) is 16.4. The van der Waals surface area contributed by atoms with Gasteiger partial charge in [-0.05, 0) is 72.2 Å². The molecule has 0 radical (unpaired) electrons. The number of benzene rings is 1. The molecule has 1 aromatic carbocycles.